The molecule has 0 unspecified atom stereocenters. The highest BCUT2D eigenvalue weighted by molar-refractivity contribution is 7.99. The molecule has 4 rings (SSSR count). The Morgan fingerprint density at radius 2 is 1.68 bits per heavy atom. The van der Waals surface area contributed by atoms with Gasteiger partial charge in [-0.25, -0.2) is 0 Å². The quantitative estimate of drug-likeness (QED) is 0.0706. The minimum atomic E-state index is -0.323. The first kappa shape index (κ1) is 26.0. The van der Waals surface area contributed by atoms with Gasteiger partial charge in [-0.15, -0.1) is 0 Å². The van der Waals surface area contributed by atoms with Gasteiger partial charge in [-0.2, -0.15) is 0 Å². The number of para-hydroxylation sites is 1. The molecule has 0 aliphatic heterocycles. The van der Waals surface area contributed by atoms with Crippen molar-refractivity contribution in [2.45, 2.75) is 30.1 Å². The van der Waals surface area contributed by atoms with Crippen molar-refractivity contribution >= 4 is 23.4 Å². The summed E-state index contributed by atoms with van der Waals surface area (Å²) in [7, 11) is 0. The highest BCUT2D eigenvalue weighted by Crippen LogP contribution is 2.41. The number of benzene rings is 3. The zero-order valence-electron chi connectivity index (χ0n) is 20.8. The Morgan fingerprint density at radius 1 is 0.892 bits per heavy atom. The average molecular weight is 513 g/mol. The van der Waals surface area contributed by atoms with Crippen molar-refractivity contribution in [3.8, 4) is 22.8 Å². The van der Waals surface area contributed by atoms with Gasteiger partial charge in [0.1, 0.15) is 6.61 Å². The number of esters is 1. The smallest absolute Gasteiger partial charge is 0.311 e. The van der Waals surface area contributed by atoms with Crippen molar-refractivity contribution in [3.63, 3.8) is 0 Å². The Hall–Kier alpha value is -4.10. The summed E-state index contributed by atoms with van der Waals surface area (Å²) in [5.41, 5.74) is 3.68. The molecular weight excluding hydrogens is 484 g/mol. The van der Waals surface area contributed by atoms with Crippen molar-refractivity contribution in [2.24, 2.45) is 5.16 Å². The number of hydrogen-bond acceptors (Lipinski definition) is 7. The summed E-state index contributed by atoms with van der Waals surface area (Å²) in [6, 6.07) is 29.3. The molecule has 0 aliphatic rings. The summed E-state index contributed by atoms with van der Waals surface area (Å²) < 4.78 is 11.6. The van der Waals surface area contributed by atoms with Crippen LogP contribution in [0.5, 0.6) is 11.5 Å². The topological polar surface area (TPSA) is 70.0 Å². The summed E-state index contributed by atoms with van der Waals surface area (Å²) in [4.78, 5) is 23.8. The lowest BCUT2D eigenvalue weighted by atomic mass is 10.1. The summed E-state index contributed by atoms with van der Waals surface area (Å²) in [6.07, 6.45) is 2.05. The highest BCUT2D eigenvalue weighted by atomic mass is 32.2. The fourth-order valence-electron chi connectivity index (χ4n) is 3.39. The molecule has 3 aromatic carbocycles. The van der Waals surface area contributed by atoms with E-state index >= 15 is 0 Å². The first-order chi connectivity index (χ1) is 18.1. The Balaban J connectivity index is 1.36. The van der Waals surface area contributed by atoms with Crippen molar-refractivity contribution in [1.82, 2.24) is 4.98 Å². The second-order valence-electron chi connectivity index (χ2n) is 7.98. The average Bonchev–Trinajstić information content (AvgIpc) is 2.95. The van der Waals surface area contributed by atoms with Gasteiger partial charge in [0.25, 0.3) is 0 Å². The fraction of sp³-hybridized carbons (Fsp3) is 0.167. The van der Waals surface area contributed by atoms with Crippen LogP contribution in [-0.2, 0) is 9.63 Å². The van der Waals surface area contributed by atoms with Gasteiger partial charge < -0.3 is 14.3 Å². The number of carbonyl (C=O) groups excluding carboxylic acids is 1. The van der Waals surface area contributed by atoms with Crippen LogP contribution in [0.15, 0.2) is 112 Å². The van der Waals surface area contributed by atoms with E-state index in [2.05, 4.69) is 10.1 Å². The third-order valence-electron chi connectivity index (χ3n) is 5.32. The zero-order valence-corrected chi connectivity index (χ0v) is 21.6. The molecule has 0 aliphatic carbocycles. The maximum absolute atomic E-state index is 12.1. The second-order valence-corrected chi connectivity index (χ2v) is 9.09. The molecule has 0 bridgehead atoms. The van der Waals surface area contributed by atoms with Crippen LogP contribution in [0.2, 0.25) is 0 Å². The van der Waals surface area contributed by atoms with Crippen LogP contribution < -0.4 is 9.47 Å². The van der Waals surface area contributed by atoms with Crippen LogP contribution in [0, 0.1) is 0 Å². The first-order valence-corrected chi connectivity index (χ1v) is 12.8. The lowest BCUT2D eigenvalue weighted by molar-refractivity contribution is -0.134. The van der Waals surface area contributed by atoms with E-state index in [-0.39, 0.29) is 25.6 Å². The van der Waals surface area contributed by atoms with E-state index < -0.39 is 0 Å². The molecule has 0 amide bonds. The molecular formula is C30H28N2O4S. The van der Waals surface area contributed by atoms with Gasteiger partial charge >= 0.3 is 5.97 Å². The van der Waals surface area contributed by atoms with Gasteiger partial charge in [-0.1, -0.05) is 78.4 Å². The van der Waals surface area contributed by atoms with Gasteiger partial charge in [-0.05, 0) is 48.9 Å². The minimum absolute atomic E-state index is 0.237. The monoisotopic (exact) mass is 512 g/mol. The number of nitrogens with zero attached hydrogens (tertiary/aromatic N) is 2. The third kappa shape index (κ3) is 7.44. The predicted molar refractivity (Wildman–Crippen MR) is 146 cm³/mol. The summed E-state index contributed by atoms with van der Waals surface area (Å²) >= 11 is 1.51. The number of aromatic nitrogens is 1. The molecule has 0 radical (unpaired) electrons. The molecule has 6 nitrogen and oxygen atoms in total. The summed E-state index contributed by atoms with van der Waals surface area (Å²) in [5, 5.41) is 4.22. The van der Waals surface area contributed by atoms with Crippen molar-refractivity contribution in [2.75, 3.05) is 13.2 Å². The Morgan fingerprint density at radius 3 is 2.41 bits per heavy atom. The van der Waals surface area contributed by atoms with Gasteiger partial charge in [0, 0.05) is 23.1 Å². The Bertz CT molecular complexity index is 1330. The van der Waals surface area contributed by atoms with E-state index in [1.165, 1.54) is 11.8 Å². The number of pyridine rings is 1. The Labute approximate surface area is 221 Å². The molecule has 0 saturated heterocycles. The fourth-order valence-corrected chi connectivity index (χ4v) is 4.32. The molecule has 1 heterocycles. The summed E-state index contributed by atoms with van der Waals surface area (Å²) in [6.45, 7) is 4.13. The lowest BCUT2D eigenvalue weighted by Gasteiger charge is -2.15. The van der Waals surface area contributed by atoms with E-state index in [9.17, 15) is 4.79 Å². The van der Waals surface area contributed by atoms with Crippen LogP contribution in [0.1, 0.15) is 25.8 Å². The van der Waals surface area contributed by atoms with Gasteiger partial charge in [-0.3, -0.25) is 9.78 Å². The molecule has 37 heavy (non-hydrogen) atoms. The molecule has 0 atom stereocenters. The molecule has 0 spiro atoms. The molecule has 0 fully saturated rings. The van der Waals surface area contributed by atoms with Crippen molar-refractivity contribution < 1.29 is 19.1 Å². The second kappa shape index (κ2) is 13.3. The molecule has 4 aromatic rings. The van der Waals surface area contributed by atoms with Crippen LogP contribution in [0.25, 0.3) is 11.3 Å². The SMILES string of the molecule is CCC(=O)Oc1c(OCCON=C(C)c2ccc(-c3ccccn3)cc2)cccc1Sc1ccccc1. The Kier molecular flexibility index (Phi) is 9.32. The minimum Gasteiger partial charge on any atom is -0.486 e. The maximum Gasteiger partial charge on any atom is 0.311 e. The van der Waals surface area contributed by atoms with Crippen LogP contribution >= 0.6 is 11.8 Å². The lowest BCUT2D eigenvalue weighted by Crippen LogP contribution is -2.10. The van der Waals surface area contributed by atoms with Gasteiger partial charge in [0.05, 0.1) is 16.3 Å². The van der Waals surface area contributed by atoms with Crippen molar-refractivity contribution in [1.29, 1.82) is 0 Å². The maximum atomic E-state index is 12.1. The van der Waals surface area contributed by atoms with Crippen LogP contribution in [-0.4, -0.2) is 29.9 Å². The molecule has 7 heteroatoms. The van der Waals surface area contributed by atoms with E-state index in [0.717, 1.165) is 32.3 Å². The molecule has 188 valence electrons. The number of oxime groups is 1. The van der Waals surface area contributed by atoms with E-state index in [1.54, 1.807) is 19.2 Å². The van der Waals surface area contributed by atoms with E-state index in [4.69, 9.17) is 14.3 Å². The normalized spacial score (nSPS) is 11.1. The first-order valence-electron chi connectivity index (χ1n) is 12.0. The highest BCUT2D eigenvalue weighted by Gasteiger charge is 2.16. The predicted octanol–water partition coefficient (Wildman–Crippen LogP) is 7.03. The van der Waals surface area contributed by atoms with E-state index in [1.807, 2.05) is 91.9 Å². The van der Waals surface area contributed by atoms with Crippen LogP contribution in [0.4, 0.5) is 0 Å². The number of carbonyl (C=O) groups is 1. The summed E-state index contributed by atoms with van der Waals surface area (Å²) in [5.74, 6) is 0.574. The van der Waals surface area contributed by atoms with E-state index in [0.29, 0.717) is 11.5 Å². The van der Waals surface area contributed by atoms with Crippen LogP contribution in [0.3, 0.4) is 0 Å². The van der Waals surface area contributed by atoms with Gasteiger partial charge in [0.15, 0.2) is 18.1 Å². The third-order valence-corrected chi connectivity index (χ3v) is 6.36. The number of ether oxygens (including phenoxy) is 2. The molecule has 0 N–H and O–H groups in total. The number of rotatable bonds is 11. The molecule has 0 saturated carbocycles. The standard InChI is InChI=1S/C30H28N2O4S/c1-3-29(33)36-30-27(13-9-14-28(30)37-25-10-5-4-6-11-25)34-20-21-35-32-22(2)23-15-17-24(18-16-23)26-12-7-8-19-31-26/h4-19H,3,20-21H2,1-2H3. The zero-order chi connectivity index (χ0) is 25.9. The molecule has 1 aromatic heterocycles. The largest absolute Gasteiger partial charge is 0.486 e. The van der Waals surface area contributed by atoms with Crippen molar-refractivity contribution in [3.05, 3.63) is 103 Å². The van der Waals surface area contributed by atoms with Gasteiger partial charge in [0.2, 0.25) is 0 Å². The number of hydrogen-bond donors (Lipinski definition) is 0.